The van der Waals surface area contributed by atoms with Crippen molar-refractivity contribution < 1.29 is 13.7 Å². The van der Waals surface area contributed by atoms with Crippen LogP contribution in [0.4, 0.5) is 4.39 Å². The van der Waals surface area contributed by atoms with Gasteiger partial charge in [0, 0.05) is 12.7 Å². The zero-order chi connectivity index (χ0) is 18.2. The Morgan fingerprint density at radius 1 is 1.24 bits per heavy atom. The third-order valence-corrected chi connectivity index (χ3v) is 4.87. The van der Waals surface area contributed by atoms with Gasteiger partial charge in [0.05, 0.1) is 23.2 Å². The second kappa shape index (κ2) is 6.43. The molecule has 1 aromatic heterocycles. The molecule has 0 amide bonds. The summed E-state index contributed by atoms with van der Waals surface area (Å²) < 4.78 is 27.9. The number of benzene rings is 1. The summed E-state index contributed by atoms with van der Waals surface area (Å²) in [6.07, 6.45) is 4.88. The van der Waals surface area contributed by atoms with Crippen molar-refractivity contribution >= 4 is 13.2 Å². The molecule has 1 fully saturated rings. The summed E-state index contributed by atoms with van der Waals surface area (Å²) >= 11 is 0. The fourth-order valence-corrected chi connectivity index (χ4v) is 2.72. The topological polar surface area (TPSA) is 36.3 Å². The van der Waals surface area contributed by atoms with Gasteiger partial charge in [0.1, 0.15) is 5.73 Å². The van der Waals surface area contributed by atoms with E-state index in [9.17, 15) is 4.39 Å². The van der Waals surface area contributed by atoms with Gasteiger partial charge in [0.25, 0.3) is 0 Å². The Balaban J connectivity index is 1.71. The molecule has 0 N–H and O–H groups in total. The van der Waals surface area contributed by atoms with Crippen LogP contribution in [0, 0.1) is 6.92 Å². The summed E-state index contributed by atoms with van der Waals surface area (Å²) in [4.78, 5) is 4.25. The summed E-state index contributed by atoms with van der Waals surface area (Å²) in [7, 11) is -0.994. The zero-order valence-electron chi connectivity index (χ0n) is 15.4. The monoisotopic (exact) mass is 342 g/mol. The molecule has 0 spiro atoms. The maximum absolute atomic E-state index is 14.5. The van der Waals surface area contributed by atoms with Gasteiger partial charge in [-0.05, 0) is 46.3 Å². The Morgan fingerprint density at radius 3 is 2.56 bits per heavy atom. The van der Waals surface area contributed by atoms with E-state index in [1.165, 1.54) is 17.2 Å². The predicted molar refractivity (Wildman–Crippen MR) is 97.7 cm³/mol. The molecule has 1 aliphatic heterocycles. The van der Waals surface area contributed by atoms with E-state index in [0.29, 0.717) is 12.2 Å². The highest BCUT2D eigenvalue weighted by molar-refractivity contribution is 6.54. The quantitative estimate of drug-likeness (QED) is 0.782. The number of nitrogens with zero attached hydrogens (tertiary/aromatic N) is 2. The van der Waals surface area contributed by atoms with E-state index in [1.54, 1.807) is 6.33 Å². The van der Waals surface area contributed by atoms with Crippen molar-refractivity contribution in [1.82, 2.24) is 9.55 Å². The lowest BCUT2D eigenvalue weighted by molar-refractivity contribution is 0.00578. The van der Waals surface area contributed by atoms with Crippen LogP contribution in [-0.4, -0.2) is 27.9 Å². The first kappa shape index (κ1) is 17.9. The highest BCUT2D eigenvalue weighted by atomic mass is 19.1. The molecule has 4 nitrogen and oxygen atoms in total. The standard InChI is InChI=1S/C19H24BFN2O2/c1-14-7-6-8-15(9-14)11-23-12-16(22-13-23)10-17(21)20-24-18(2,3)19(4,5)25-20/h6-10,12-13H,11H2,1-5H3. The molecule has 1 saturated heterocycles. The first-order valence-corrected chi connectivity index (χ1v) is 8.46. The lowest BCUT2D eigenvalue weighted by Gasteiger charge is -2.32. The van der Waals surface area contributed by atoms with Crippen LogP contribution in [0.5, 0.6) is 0 Å². The van der Waals surface area contributed by atoms with E-state index in [1.807, 2.05) is 44.5 Å². The molecule has 25 heavy (non-hydrogen) atoms. The van der Waals surface area contributed by atoms with Crippen molar-refractivity contribution in [3.8, 4) is 0 Å². The molecule has 6 heteroatoms. The molecule has 2 aromatic rings. The first-order valence-electron chi connectivity index (χ1n) is 8.46. The number of hydrogen-bond acceptors (Lipinski definition) is 3. The smallest absolute Gasteiger partial charge is 0.398 e. The van der Waals surface area contributed by atoms with Crippen LogP contribution in [0.1, 0.15) is 44.5 Å². The van der Waals surface area contributed by atoms with E-state index >= 15 is 0 Å². The molecule has 0 saturated carbocycles. The van der Waals surface area contributed by atoms with Crippen LogP contribution in [-0.2, 0) is 15.9 Å². The minimum Gasteiger partial charge on any atom is -0.398 e. The Kier molecular flexibility index (Phi) is 4.60. The van der Waals surface area contributed by atoms with Crippen molar-refractivity contribution in [2.24, 2.45) is 0 Å². The maximum atomic E-state index is 14.5. The van der Waals surface area contributed by atoms with Crippen LogP contribution in [0.15, 0.2) is 42.5 Å². The number of imidazole rings is 1. The van der Waals surface area contributed by atoms with Gasteiger partial charge in [0.2, 0.25) is 0 Å². The Hall–Kier alpha value is -1.92. The molecule has 0 radical (unpaired) electrons. The highest BCUT2D eigenvalue weighted by Crippen LogP contribution is 2.38. The average molecular weight is 342 g/mol. The van der Waals surface area contributed by atoms with Gasteiger partial charge in [0.15, 0.2) is 0 Å². The molecule has 0 aliphatic carbocycles. The molecule has 3 rings (SSSR count). The van der Waals surface area contributed by atoms with Crippen molar-refractivity contribution in [3.63, 3.8) is 0 Å². The molecule has 1 aromatic carbocycles. The summed E-state index contributed by atoms with van der Waals surface area (Å²) in [6.45, 7) is 10.4. The fraction of sp³-hybridized carbons (Fsp3) is 0.421. The molecule has 1 aliphatic rings. The third-order valence-electron chi connectivity index (χ3n) is 4.87. The number of halogens is 1. The van der Waals surface area contributed by atoms with E-state index in [2.05, 4.69) is 30.1 Å². The minimum absolute atomic E-state index is 0.473. The van der Waals surface area contributed by atoms with Gasteiger partial charge in [-0.15, -0.1) is 0 Å². The van der Waals surface area contributed by atoms with Crippen LogP contribution in [0.2, 0.25) is 0 Å². The van der Waals surface area contributed by atoms with Crippen molar-refractivity contribution in [2.45, 2.75) is 52.4 Å². The van der Waals surface area contributed by atoms with Gasteiger partial charge in [-0.3, -0.25) is 0 Å². The second-order valence-electron chi connectivity index (χ2n) is 7.58. The second-order valence-corrected chi connectivity index (χ2v) is 7.58. The Bertz CT molecular complexity index is 782. The van der Waals surface area contributed by atoms with E-state index in [0.717, 1.165) is 0 Å². The van der Waals surface area contributed by atoms with E-state index < -0.39 is 24.0 Å². The molecule has 0 unspecified atom stereocenters. The van der Waals surface area contributed by atoms with E-state index in [4.69, 9.17) is 9.31 Å². The van der Waals surface area contributed by atoms with Gasteiger partial charge in [-0.2, -0.15) is 0 Å². The fourth-order valence-electron chi connectivity index (χ4n) is 2.72. The first-order chi connectivity index (χ1) is 11.7. The average Bonchev–Trinajstić information content (AvgIpc) is 3.01. The van der Waals surface area contributed by atoms with Gasteiger partial charge in [-0.1, -0.05) is 29.8 Å². The number of aromatic nitrogens is 2. The Labute approximate surface area is 148 Å². The summed E-state index contributed by atoms with van der Waals surface area (Å²) in [5.74, 6) is 0. The third kappa shape index (κ3) is 3.85. The molecular formula is C19H24BFN2O2. The molecule has 132 valence electrons. The normalized spacial score (nSPS) is 19.4. The van der Waals surface area contributed by atoms with Crippen molar-refractivity contribution in [3.05, 3.63) is 59.3 Å². The SMILES string of the molecule is Cc1cccc(Cn2cnc(C=C(F)B3OC(C)(C)C(C)(C)O3)c2)c1. The van der Waals surface area contributed by atoms with Gasteiger partial charge < -0.3 is 13.9 Å². The number of rotatable bonds is 4. The predicted octanol–water partition coefficient (Wildman–Crippen LogP) is 4.18. The maximum Gasteiger partial charge on any atom is 0.525 e. The molecular weight excluding hydrogens is 318 g/mol. The number of aryl methyl sites for hydroxylation is 1. The van der Waals surface area contributed by atoms with Crippen LogP contribution >= 0.6 is 0 Å². The van der Waals surface area contributed by atoms with Crippen LogP contribution in [0.3, 0.4) is 0 Å². The molecule has 2 heterocycles. The van der Waals surface area contributed by atoms with E-state index in [-0.39, 0.29) is 0 Å². The van der Waals surface area contributed by atoms with Crippen LogP contribution < -0.4 is 0 Å². The number of hydrogen-bond donors (Lipinski definition) is 0. The van der Waals surface area contributed by atoms with Gasteiger partial charge >= 0.3 is 7.12 Å². The largest absolute Gasteiger partial charge is 0.525 e. The van der Waals surface area contributed by atoms with Crippen molar-refractivity contribution in [1.29, 1.82) is 0 Å². The lowest BCUT2D eigenvalue weighted by atomic mass is 9.87. The highest BCUT2D eigenvalue weighted by Gasteiger charge is 2.53. The summed E-state index contributed by atoms with van der Waals surface area (Å²) in [6, 6.07) is 8.28. The minimum atomic E-state index is -0.994. The zero-order valence-corrected chi connectivity index (χ0v) is 15.4. The van der Waals surface area contributed by atoms with Gasteiger partial charge in [-0.25, -0.2) is 9.37 Å². The van der Waals surface area contributed by atoms with Crippen LogP contribution in [0.25, 0.3) is 6.08 Å². The summed E-state index contributed by atoms with van der Waals surface area (Å²) in [5.41, 5.74) is 1.34. The van der Waals surface area contributed by atoms with Crippen molar-refractivity contribution in [2.75, 3.05) is 0 Å². The molecule has 0 atom stereocenters. The summed E-state index contributed by atoms with van der Waals surface area (Å²) in [5, 5.41) is 0. The Morgan fingerprint density at radius 2 is 1.92 bits per heavy atom. The molecule has 0 bridgehead atoms. The lowest BCUT2D eigenvalue weighted by Crippen LogP contribution is -2.41.